The van der Waals surface area contributed by atoms with E-state index in [1.54, 1.807) is 18.6 Å². The average molecular weight is 220 g/mol. The lowest BCUT2D eigenvalue weighted by molar-refractivity contribution is -0.127. The maximum Gasteiger partial charge on any atom is 0.237 e. The fraction of sp³-hybridized carbons (Fsp3) is 0.545. The minimum atomic E-state index is -0.456. The van der Waals surface area contributed by atoms with Crippen LogP contribution < -0.4 is 11.1 Å². The molecule has 1 atom stereocenters. The first kappa shape index (κ1) is 11.0. The minimum absolute atomic E-state index is 0.238. The van der Waals surface area contributed by atoms with Crippen molar-refractivity contribution in [3.05, 3.63) is 24.3 Å². The Morgan fingerprint density at radius 1 is 1.56 bits per heavy atom. The minimum Gasteiger partial charge on any atom is -0.368 e. The summed E-state index contributed by atoms with van der Waals surface area (Å²) in [5, 5.41) is 3.13. The first-order valence-electron chi connectivity index (χ1n) is 5.53. The second kappa shape index (κ2) is 4.57. The van der Waals surface area contributed by atoms with Crippen LogP contribution in [0.2, 0.25) is 0 Å². The Kier molecular flexibility index (Phi) is 3.14. The number of amides is 1. The molecule has 0 bridgehead atoms. The third-order valence-electron chi connectivity index (χ3n) is 3.14. The van der Waals surface area contributed by atoms with E-state index < -0.39 is 5.54 Å². The second-order valence-electron chi connectivity index (χ2n) is 4.17. The van der Waals surface area contributed by atoms with Crippen LogP contribution in [-0.4, -0.2) is 28.0 Å². The summed E-state index contributed by atoms with van der Waals surface area (Å²) in [6, 6.07) is 0. The van der Waals surface area contributed by atoms with E-state index in [9.17, 15) is 4.79 Å². The number of primary amides is 1. The molecule has 1 aromatic heterocycles. The van der Waals surface area contributed by atoms with Gasteiger partial charge >= 0.3 is 0 Å². The van der Waals surface area contributed by atoms with Gasteiger partial charge in [0, 0.05) is 18.6 Å². The van der Waals surface area contributed by atoms with Crippen LogP contribution in [0, 0.1) is 0 Å². The lowest BCUT2D eigenvalue weighted by Crippen LogP contribution is -2.64. The average Bonchev–Trinajstić information content (AvgIpc) is 2.23. The Morgan fingerprint density at radius 2 is 2.38 bits per heavy atom. The number of aryl methyl sites for hydroxylation is 1. The van der Waals surface area contributed by atoms with Gasteiger partial charge in [-0.1, -0.05) is 0 Å². The number of nitrogens with one attached hydrogen (secondary N) is 1. The molecular weight excluding hydrogens is 204 g/mol. The molecule has 0 radical (unpaired) electrons. The Labute approximate surface area is 94.5 Å². The van der Waals surface area contributed by atoms with E-state index in [0.29, 0.717) is 0 Å². The van der Waals surface area contributed by atoms with Crippen molar-refractivity contribution in [1.82, 2.24) is 15.3 Å². The predicted octanol–water partition coefficient (Wildman–Crippen LogP) is 0.0167. The molecule has 3 N–H and O–H groups in total. The normalized spacial score (nSPS) is 23.8. The zero-order chi connectivity index (χ0) is 11.4. The fourth-order valence-electron chi connectivity index (χ4n) is 2.00. The van der Waals surface area contributed by atoms with Crippen LogP contribution in [-0.2, 0) is 11.2 Å². The SMILES string of the molecule is NC(=O)C1(CCCc2cnccn2)CCN1. The molecule has 1 saturated heterocycles. The van der Waals surface area contributed by atoms with E-state index in [1.807, 2.05) is 0 Å². The highest BCUT2D eigenvalue weighted by molar-refractivity contribution is 5.85. The quantitative estimate of drug-likeness (QED) is 0.733. The maximum atomic E-state index is 11.3. The summed E-state index contributed by atoms with van der Waals surface area (Å²) in [4.78, 5) is 19.5. The van der Waals surface area contributed by atoms with Crippen molar-refractivity contribution >= 4 is 5.91 Å². The van der Waals surface area contributed by atoms with Crippen LogP contribution in [0.25, 0.3) is 0 Å². The van der Waals surface area contributed by atoms with Gasteiger partial charge in [0.25, 0.3) is 0 Å². The van der Waals surface area contributed by atoms with Gasteiger partial charge < -0.3 is 11.1 Å². The monoisotopic (exact) mass is 220 g/mol. The number of carbonyl (C=O) groups excluding carboxylic acids is 1. The van der Waals surface area contributed by atoms with E-state index in [-0.39, 0.29) is 5.91 Å². The molecule has 5 heteroatoms. The van der Waals surface area contributed by atoms with Gasteiger partial charge in [-0.2, -0.15) is 0 Å². The van der Waals surface area contributed by atoms with Crippen molar-refractivity contribution < 1.29 is 4.79 Å². The number of hydrogen-bond acceptors (Lipinski definition) is 4. The molecule has 16 heavy (non-hydrogen) atoms. The Bertz CT molecular complexity index is 362. The Morgan fingerprint density at radius 3 is 2.88 bits per heavy atom. The van der Waals surface area contributed by atoms with Gasteiger partial charge in [-0.25, -0.2) is 0 Å². The zero-order valence-corrected chi connectivity index (χ0v) is 9.15. The van der Waals surface area contributed by atoms with Crippen LogP contribution in [0.3, 0.4) is 0 Å². The van der Waals surface area contributed by atoms with E-state index in [2.05, 4.69) is 15.3 Å². The van der Waals surface area contributed by atoms with Gasteiger partial charge in [0.1, 0.15) is 0 Å². The van der Waals surface area contributed by atoms with Crippen LogP contribution in [0.5, 0.6) is 0 Å². The summed E-state index contributed by atoms with van der Waals surface area (Å²) in [6.45, 7) is 0.883. The largest absolute Gasteiger partial charge is 0.368 e. The molecule has 1 aromatic rings. The molecule has 0 aliphatic carbocycles. The molecule has 2 heterocycles. The van der Waals surface area contributed by atoms with E-state index >= 15 is 0 Å². The molecule has 1 fully saturated rings. The number of nitrogens with two attached hydrogens (primary N) is 1. The van der Waals surface area contributed by atoms with Crippen molar-refractivity contribution in [2.24, 2.45) is 5.73 Å². The number of rotatable bonds is 5. The summed E-state index contributed by atoms with van der Waals surface area (Å²) in [6.07, 6.45) is 8.45. The molecule has 1 unspecified atom stereocenters. The summed E-state index contributed by atoms with van der Waals surface area (Å²) in [5.74, 6) is -0.238. The lowest BCUT2D eigenvalue weighted by Gasteiger charge is -2.40. The summed E-state index contributed by atoms with van der Waals surface area (Å²) < 4.78 is 0. The van der Waals surface area contributed by atoms with Gasteiger partial charge in [-0.15, -0.1) is 0 Å². The first-order valence-corrected chi connectivity index (χ1v) is 5.53. The number of aromatic nitrogens is 2. The van der Waals surface area contributed by atoms with Crippen LogP contribution >= 0.6 is 0 Å². The van der Waals surface area contributed by atoms with Gasteiger partial charge in [0.05, 0.1) is 11.2 Å². The van der Waals surface area contributed by atoms with Gasteiger partial charge in [0.15, 0.2) is 0 Å². The standard InChI is InChI=1S/C11H16N4O/c12-10(16)11(4-5-15-11)3-1-2-9-8-13-6-7-14-9/h6-8,15H,1-5H2,(H2,12,16). The van der Waals surface area contributed by atoms with Crippen LogP contribution in [0.15, 0.2) is 18.6 Å². The van der Waals surface area contributed by atoms with Crippen molar-refractivity contribution in [3.63, 3.8) is 0 Å². The number of carbonyl (C=O) groups is 1. The highest BCUT2D eigenvalue weighted by atomic mass is 16.1. The summed E-state index contributed by atoms with van der Waals surface area (Å²) in [5.41, 5.74) is 5.89. The number of nitrogens with zero attached hydrogens (tertiary/aromatic N) is 2. The Hall–Kier alpha value is -1.49. The van der Waals surface area contributed by atoms with Crippen molar-refractivity contribution in [1.29, 1.82) is 0 Å². The summed E-state index contributed by atoms with van der Waals surface area (Å²) in [7, 11) is 0. The van der Waals surface area contributed by atoms with Gasteiger partial charge in [-0.3, -0.25) is 14.8 Å². The first-order chi connectivity index (χ1) is 7.73. The second-order valence-corrected chi connectivity index (χ2v) is 4.17. The highest BCUT2D eigenvalue weighted by Gasteiger charge is 2.41. The van der Waals surface area contributed by atoms with Crippen molar-refractivity contribution in [3.8, 4) is 0 Å². The van der Waals surface area contributed by atoms with E-state index in [1.165, 1.54) is 0 Å². The summed E-state index contributed by atoms with van der Waals surface area (Å²) >= 11 is 0. The molecule has 86 valence electrons. The fourth-order valence-corrected chi connectivity index (χ4v) is 2.00. The van der Waals surface area contributed by atoms with E-state index in [0.717, 1.165) is 37.9 Å². The van der Waals surface area contributed by atoms with Crippen molar-refractivity contribution in [2.75, 3.05) is 6.54 Å². The smallest absolute Gasteiger partial charge is 0.237 e. The van der Waals surface area contributed by atoms with Crippen LogP contribution in [0.4, 0.5) is 0 Å². The topological polar surface area (TPSA) is 80.9 Å². The van der Waals surface area contributed by atoms with Crippen LogP contribution in [0.1, 0.15) is 25.0 Å². The third-order valence-corrected chi connectivity index (χ3v) is 3.14. The molecule has 1 aliphatic rings. The molecule has 2 rings (SSSR count). The molecule has 1 aliphatic heterocycles. The third kappa shape index (κ3) is 2.19. The lowest BCUT2D eigenvalue weighted by atomic mass is 9.82. The molecular formula is C11H16N4O. The molecule has 0 spiro atoms. The van der Waals surface area contributed by atoms with Gasteiger partial charge in [0.2, 0.25) is 5.91 Å². The Balaban J connectivity index is 1.82. The predicted molar refractivity (Wildman–Crippen MR) is 59.5 cm³/mol. The molecule has 0 saturated carbocycles. The number of hydrogen-bond donors (Lipinski definition) is 2. The van der Waals surface area contributed by atoms with Gasteiger partial charge in [-0.05, 0) is 32.2 Å². The van der Waals surface area contributed by atoms with E-state index in [4.69, 9.17) is 5.73 Å². The highest BCUT2D eigenvalue weighted by Crippen LogP contribution is 2.24. The molecule has 1 amide bonds. The maximum absolute atomic E-state index is 11.3. The van der Waals surface area contributed by atoms with Crippen molar-refractivity contribution in [2.45, 2.75) is 31.2 Å². The molecule has 5 nitrogen and oxygen atoms in total. The molecule has 0 aromatic carbocycles. The zero-order valence-electron chi connectivity index (χ0n) is 9.15.